The molecule has 4 aliphatic heterocycles. The van der Waals surface area contributed by atoms with E-state index >= 15 is 0 Å². The minimum absolute atomic E-state index is 0. The molecule has 0 saturated carbocycles. The maximum atomic E-state index is 13.2. The number of nitrogens with zero attached hydrogens (tertiary/aromatic N) is 4. The number of fused-ring (bicyclic) bond motifs is 2. The van der Waals surface area contributed by atoms with Crippen LogP contribution in [0.15, 0.2) is 70.1 Å². The second kappa shape index (κ2) is 18.5. The van der Waals surface area contributed by atoms with Crippen LogP contribution in [0.4, 0.5) is 22.7 Å². The van der Waals surface area contributed by atoms with Crippen molar-refractivity contribution in [2.45, 2.75) is 70.6 Å². The van der Waals surface area contributed by atoms with E-state index in [9.17, 15) is 24.0 Å². The average molecular weight is 841 g/mol. The zero-order valence-electron chi connectivity index (χ0n) is 31.0. The number of carbonyl (C=O) groups is 5. The lowest BCUT2D eigenvalue weighted by Gasteiger charge is -2.37. The van der Waals surface area contributed by atoms with Gasteiger partial charge in [0.15, 0.2) is 0 Å². The lowest BCUT2D eigenvalue weighted by molar-refractivity contribution is -0.126. The third-order valence-corrected chi connectivity index (χ3v) is 11.2. The molecule has 2 aromatic heterocycles. The van der Waals surface area contributed by atoms with Crippen LogP contribution in [-0.4, -0.2) is 77.7 Å². The summed E-state index contributed by atoms with van der Waals surface area (Å²) < 4.78 is 31.6. The molecule has 304 valence electrons. The van der Waals surface area contributed by atoms with E-state index < -0.39 is 22.5 Å². The highest BCUT2D eigenvalue weighted by atomic mass is 32.3. The number of hydrogen-bond donors (Lipinski definition) is 4. The fourth-order valence-corrected chi connectivity index (χ4v) is 8.71. The smallest absolute Gasteiger partial charge is 0.394 e. The molecule has 7 N–H and O–H groups in total. The Bertz CT molecular complexity index is 2210. The first-order valence-corrected chi connectivity index (χ1v) is 21.2. The largest absolute Gasteiger partial charge is 0.412 e. The maximum absolute atomic E-state index is 13.2. The fourth-order valence-electron chi connectivity index (χ4n) is 7.39. The number of nitrogens with one attached hydrogen (secondary N) is 1. The van der Waals surface area contributed by atoms with Crippen LogP contribution in [0.2, 0.25) is 0 Å². The highest BCUT2D eigenvalue weighted by Crippen LogP contribution is 2.41. The minimum atomic E-state index is -4.67. The summed E-state index contributed by atoms with van der Waals surface area (Å²) in [6, 6.07) is 14.6. The Hall–Kier alpha value is -5.02. The predicted octanol–water partition coefficient (Wildman–Crippen LogP) is 3.28. The fraction of sp³-hybridized carbons (Fsp3) is 0.342. The summed E-state index contributed by atoms with van der Waals surface area (Å²) in [5, 5.41) is 10.8. The van der Waals surface area contributed by atoms with Gasteiger partial charge in [-0.3, -0.25) is 33.1 Å². The van der Waals surface area contributed by atoms with Crippen LogP contribution in [0, 0.1) is 0 Å². The number of nitrogens with two attached hydrogens (primary N) is 1. The molecule has 4 aliphatic rings. The number of carbonyl (C=O) groups excluding carboxylic acids is 5. The first-order valence-electron chi connectivity index (χ1n) is 17.9. The molecule has 2 fully saturated rings. The zero-order valence-corrected chi connectivity index (χ0v) is 33.4. The second-order valence-corrected chi connectivity index (χ2v) is 16.2. The van der Waals surface area contributed by atoms with Gasteiger partial charge in [-0.15, -0.1) is 0 Å². The van der Waals surface area contributed by atoms with E-state index in [4.69, 9.17) is 23.3 Å². The molecule has 0 spiro atoms. The van der Waals surface area contributed by atoms with Crippen molar-refractivity contribution in [3.8, 4) is 0 Å². The van der Waals surface area contributed by atoms with E-state index in [0.29, 0.717) is 51.9 Å². The van der Waals surface area contributed by atoms with Crippen LogP contribution in [0.25, 0.3) is 0 Å². The second-order valence-electron chi connectivity index (χ2n) is 13.7. The van der Waals surface area contributed by atoms with Gasteiger partial charge in [0.05, 0.1) is 41.9 Å². The molecule has 19 heteroatoms. The van der Waals surface area contributed by atoms with Gasteiger partial charge in [0, 0.05) is 39.3 Å². The molecule has 2 unspecified atom stereocenters. The number of hydrogen-bond acceptors (Lipinski definition) is 10. The molecule has 4 aromatic rings. The van der Waals surface area contributed by atoms with Crippen LogP contribution >= 0.6 is 22.7 Å². The Morgan fingerprint density at radius 2 is 1.23 bits per heavy atom. The van der Waals surface area contributed by atoms with Crippen molar-refractivity contribution in [3.05, 3.63) is 92.3 Å². The average Bonchev–Trinajstić information content (AvgIpc) is 3.98. The molecule has 2 atom stereocenters. The summed E-state index contributed by atoms with van der Waals surface area (Å²) in [7, 11) is -4.67. The molecular weight excluding hydrogens is 797 g/mol. The number of benzene rings is 2. The van der Waals surface area contributed by atoms with E-state index in [1.54, 1.807) is 37.4 Å². The molecule has 0 radical (unpaired) electrons. The highest BCUT2D eigenvalue weighted by Gasteiger charge is 2.38. The summed E-state index contributed by atoms with van der Waals surface area (Å²) in [4.78, 5) is 69.2. The normalized spacial score (nSPS) is 18.9. The van der Waals surface area contributed by atoms with Gasteiger partial charge < -0.3 is 36.1 Å². The van der Waals surface area contributed by atoms with Gasteiger partial charge in [-0.25, -0.2) is 0 Å². The first-order chi connectivity index (χ1) is 26.7. The van der Waals surface area contributed by atoms with Crippen LogP contribution < -0.4 is 30.7 Å². The van der Waals surface area contributed by atoms with Gasteiger partial charge >= 0.3 is 10.4 Å². The molecule has 0 bridgehead atoms. The predicted molar refractivity (Wildman–Crippen MR) is 218 cm³/mol. The van der Waals surface area contributed by atoms with Crippen molar-refractivity contribution < 1.29 is 47.0 Å². The molecule has 16 nitrogen and oxygen atoms in total. The van der Waals surface area contributed by atoms with Gasteiger partial charge in [0.25, 0.3) is 0 Å². The molecule has 0 aliphatic carbocycles. The van der Waals surface area contributed by atoms with E-state index in [1.807, 2.05) is 75.0 Å². The molecule has 2 aromatic carbocycles. The van der Waals surface area contributed by atoms with Crippen molar-refractivity contribution in [3.63, 3.8) is 0 Å². The number of anilines is 4. The van der Waals surface area contributed by atoms with Crippen molar-refractivity contribution in [2.24, 2.45) is 5.73 Å². The Morgan fingerprint density at radius 1 is 0.772 bits per heavy atom. The van der Waals surface area contributed by atoms with Crippen molar-refractivity contribution >= 4 is 85.4 Å². The standard InChI is InChI=1S/C20H21N3O3S.C18H19N3O2S.H2O4S.H2O/c1-13(24)21-16-10-15-4-2-5-17(22-8-3-6-18(22)25)19(15)23(20(16)26)11-14-7-9-27-12-14;19-14-9-13-3-1-4-15(20-7-2-5-16(20)22)17(13)21(18(14)23)10-12-6-8-24-11-12;1-5(2,3)4;/h2,4-5,7,9,12,16H,3,6,8,10-11H2,1H3,(H,21,24);1,3-4,6,8,11,14H,2,5,7,9-10,19H2;(H2,1,2,3,4);1H2. The molecule has 57 heavy (non-hydrogen) atoms. The van der Waals surface area contributed by atoms with Crippen molar-refractivity contribution in [2.75, 3.05) is 32.7 Å². The van der Waals surface area contributed by atoms with E-state index in [0.717, 1.165) is 57.8 Å². The number of rotatable bonds is 7. The number of para-hydroxylation sites is 2. The van der Waals surface area contributed by atoms with Gasteiger partial charge in [-0.1, -0.05) is 24.3 Å². The summed E-state index contributed by atoms with van der Waals surface area (Å²) in [5.41, 5.74) is 13.5. The highest BCUT2D eigenvalue weighted by molar-refractivity contribution is 7.79. The topological polar surface area (TPSA) is 242 Å². The Kier molecular flexibility index (Phi) is 14.0. The quantitative estimate of drug-likeness (QED) is 0.198. The SMILES string of the molecule is CC(=O)NC1Cc2cccc(N3CCCC3=O)c2N(Cc2ccsc2)C1=O.NC1Cc2cccc(N3CCCC3=O)c2N(Cc2ccsc2)C1=O.O.O=S(=O)(O)O. The van der Waals surface area contributed by atoms with Crippen LogP contribution in [-0.2, 0) is 60.3 Å². The Labute approximate surface area is 337 Å². The summed E-state index contributed by atoms with van der Waals surface area (Å²) in [6.45, 7) is 3.71. The third-order valence-electron chi connectivity index (χ3n) is 9.70. The van der Waals surface area contributed by atoms with Gasteiger partial charge in [-0.2, -0.15) is 31.1 Å². The summed E-state index contributed by atoms with van der Waals surface area (Å²) in [5.74, 6) is -0.217. The van der Waals surface area contributed by atoms with E-state index in [1.165, 1.54) is 6.92 Å². The Balaban J connectivity index is 0.000000193. The van der Waals surface area contributed by atoms with E-state index in [-0.39, 0.29) is 35.0 Å². The monoisotopic (exact) mass is 840 g/mol. The zero-order chi connectivity index (χ0) is 40.1. The van der Waals surface area contributed by atoms with E-state index in [2.05, 4.69) is 5.32 Å². The van der Waals surface area contributed by atoms with Crippen molar-refractivity contribution in [1.29, 1.82) is 0 Å². The number of amides is 5. The first kappa shape index (κ1) is 43.1. The molecule has 2 saturated heterocycles. The third kappa shape index (κ3) is 10.3. The Morgan fingerprint density at radius 3 is 1.63 bits per heavy atom. The molecule has 5 amide bonds. The van der Waals surface area contributed by atoms with Gasteiger partial charge in [-0.05, 0) is 87.3 Å². The lowest BCUT2D eigenvalue weighted by Crippen LogP contribution is -2.52. The molecule has 8 rings (SSSR count). The number of thiophene rings is 2. The minimum Gasteiger partial charge on any atom is -0.412 e. The summed E-state index contributed by atoms with van der Waals surface area (Å²) in [6.07, 6.45) is 3.75. The molecular formula is C38H44N6O10S3. The van der Waals surface area contributed by atoms with Gasteiger partial charge in [0.2, 0.25) is 29.5 Å². The van der Waals surface area contributed by atoms with Gasteiger partial charge in [0.1, 0.15) is 6.04 Å². The lowest BCUT2D eigenvalue weighted by atomic mass is 9.95. The molecule has 6 heterocycles. The maximum Gasteiger partial charge on any atom is 0.394 e. The van der Waals surface area contributed by atoms with Crippen LogP contribution in [0.1, 0.15) is 54.9 Å². The summed E-state index contributed by atoms with van der Waals surface area (Å²) >= 11 is 3.19. The van der Waals surface area contributed by atoms with Crippen LogP contribution in [0.5, 0.6) is 0 Å². The van der Waals surface area contributed by atoms with Crippen LogP contribution in [0.3, 0.4) is 0 Å². The van der Waals surface area contributed by atoms with Crippen molar-refractivity contribution in [1.82, 2.24) is 5.32 Å².